The lowest BCUT2D eigenvalue weighted by Gasteiger charge is -2.09. The molecule has 0 unspecified atom stereocenters. The van der Waals surface area contributed by atoms with Gasteiger partial charge in [0.05, 0.1) is 12.7 Å². The van der Waals surface area contributed by atoms with Crippen molar-refractivity contribution in [3.63, 3.8) is 0 Å². The molecule has 0 bridgehead atoms. The number of sulfonamides is 1. The standard InChI is InChI=1S/C20H22N2O6S/c1-21-29(26,27)18-13-15(5-9-17(18)28-2)6-10-19(23)22-12-11-14-3-7-16(8-4-14)20(24)25/h3-10,13,21H,11-12H2,1-2H3,(H,22,23)(H,24,25)/b10-6+. The molecule has 0 aromatic heterocycles. The first-order chi connectivity index (χ1) is 13.8. The van der Waals surface area contributed by atoms with Gasteiger partial charge in [-0.2, -0.15) is 0 Å². The number of methoxy groups -OCH3 is 1. The van der Waals surface area contributed by atoms with Crippen molar-refractivity contribution in [1.29, 1.82) is 0 Å². The van der Waals surface area contributed by atoms with Gasteiger partial charge < -0.3 is 15.2 Å². The Morgan fingerprint density at radius 2 is 1.83 bits per heavy atom. The number of benzene rings is 2. The van der Waals surface area contributed by atoms with Gasteiger partial charge in [-0.1, -0.05) is 18.2 Å². The second-order valence-electron chi connectivity index (χ2n) is 5.99. The van der Waals surface area contributed by atoms with Crippen LogP contribution in [0.15, 0.2) is 53.4 Å². The van der Waals surface area contributed by atoms with Crippen LogP contribution in [-0.2, 0) is 21.2 Å². The number of hydrogen-bond acceptors (Lipinski definition) is 5. The zero-order valence-corrected chi connectivity index (χ0v) is 16.8. The van der Waals surface area contributed by atoms with Crippen molar-refractivity contribution in [2.24, 2.45) is 0 Å². The molecule has 2 rings (SSSR count). The maximum atomic E-state index is 12.1. The lowest BCUT2D eigenvalue weighted by molar-refractivity contribution is -0.116. The first-order valence-corrected chi connectivity index (χ1v) is 10.1. The van der Waals surface area contributed by atoms with Gasteiger partial charge in [0.25, 0.3) is 0 Å². The number of hydrogen-bond donors (Lipinski definition) is 3. The first-order valence-electron chi connectivity index (χ1n) is 8.66. The van der Waals surface area contributed by atoms with Crippen LogP contribution in [0.4, 0.5) is 0 Å². The molecule has 2 aromatic rings. The third kappa shape index (κ3) is 6.16. The van der Waals surface area contributed by atoms with E-state index >= 15 is 0 Å². The number of amides is 1. The molecule has 0 heterocycles. The second kappa shape index (κ2) is 9.85. The van der Waals surface area contributed by atoms with Crippen molar-refractivity contribution < 1.29 is 27.9 Å². The highest BCUT2D eigenvalue weighted by molar-refractivity contribution is 7.89. The van der Waals surface area contributed by atoms with Gasteiger partial charge in [-0.3, -0.25) is 4.79 Å². The Hall–Kier alpha value is -3.17. The van der Waals surface area contributed by atoms with E-state index in [0.29, 0.717) is 18.5 Å². The van der Waals surface area contributed by atoms with E-state index in [4.69, 9.17) is 9.84 Å². The molecule has 0 saturated heterocycles. The summed E-state index contributed by atoms with van der Waals surface area (Å²) in [6.07, 6.45) is 3.36. The molecule has 2 aromatic carbocycles. The Balaban J connectivity index is 1.96. The number of carbonyl (C=O) groups is 2. The Bertz CT molecular complexity index is 1010. The van der Waals surface area contributed by atoms with Crippen molar-refractivity contribution in [3.05, 3.63) is 65.2 Å². The van der Waals surface area contributed by atoms with Crippen molar-refractivity contribution in [2.75, 3.05) is 20.7 Å². The van der Waals surface area contributed by atoms with Gasteiger partial charge in [-0.05, 0) is 54.9 Å². The Labute approximate surface area is 169 Å². The summed E-state index contributed by atoms with van der Waals surface area (Å²) in [5.74, 6) is -1.12. The lowest BCUT2D eigenvalue weighted by Crippen LogP contribution is -2.23. The fourth-order valence-corrected chi connectivity index (χ4v) is 3.42. The summed E-state index contributed by atoms with van der Waals surface area (Å²) >= 11 is 0. The third-order valence-corrected chi connectivity index (χ3v) is 5.52. The summed E-state index contributed by atoms with van der Waals surface area (Å²) in [6, 6.07) is 11.0. The lowest BCUT2D eigenvalue weighted by atomic mass is 10.1. The van der Waals surface area contributed by atoms with Crippen molar-refractivity contribution in [1.82, 2.24) is 10.0 Å². The highest BCUT2D eigenvalue weighted by atomic mass is 32.2. The van der Waals surface area contributed by atoms with Crippen LogP contribution in [0.2, 0.25) is 0 Å². The fourth-order valence-electron chi connectivity index (χ4n) is 2.49. The number of ether oxygens (including phenoxy) is 1. The van der Waals surface area contributed by atoms with E-state index in [1.807, 2.05) is 0 Å². The van der Waals surface area contributed by atoms with Crippen LogP contribution in [0.25, 0.3) is 6.08 Å². The van der Waals surface area contributed by atoms with E-state index in [9.17, 15) is 18.0 Å². The van der Waals surface area contributed by atoms with E-state index in [0.717, 1.165) is 5.56 Å². The van der Waals surface area contributed by atoms with Crippen LogP contribution in [0.5, 0.6) is 5.75 Å². The minimum atomic E-state index is -3.70. The second-order valence-corrected chi connectivity index (χ2v) is 7.85. The van der Waals surface area contributed by atoms with Gasteiger partial charge in [0, 0.05) is 12.6 Å². The van der Waals surface area contributed by atoms with Gasteiger partial charge in [-0.25, -0.2) is 17.9 Å². The van der Waals surface area contributed by atoms with Gasteiger partial charge >= 0.3 is 5.97 Å². The quantitative estimate of drug-likeness (QED) is 0.533. The molecule has 0 aliphatic heterocycles. The van der Waals surface area contributed by atoms with E-state index in [-0.39, 0.29) is 22.1 Å². The number of carboxylic acids is 1. The summed E-state index contributed by atoms with van der Waals surface area (Å²) in [5, 5.41) is 11.6. The summed E-state index contributed by atoms with van der Waals surface area (Å²) in [5.41, 5.74) is 1.63. The van der Waals surface area contributed by atoms with Crippen LogP contribution in [0, 0.1) is 0 Å². The molecule has 1 amide bonds. The molecule has 29 heavy (non-hydrogen) atoms. The number of carboxylic acid groups (broad SMARTS) is 1. The minimum Gasteiger partial charge on any atom is -0.495 e. The molecule has 0 radical (unpaired) electrons. The molecule has 0 fully saturated rings. The average molecular weight is 418 g/mol. The third-order valence-electron chi connectivity index (χ3n) is 4.09. The predicted molar refractivity (Wildman–Crippen MR) is 108 cm³/mol. The number of rotatable bonds is 9. The van der Waals surface area contributed by atoms with E-state index in [1.165, 1.54) is 50.6 Å². The van der Waals surface area contributed by atoms with Crippen LogP contribution >= 0.6 is 0 Å². The molecular weight excluding hydrogens is 396 g/mol. The van der Waals surface area contributed by atoms with Crippen LogP contribution < -0.4 is 14.8 Å². The molecule has 3 N–H and O–H groups in total. The summed E-state index contributed by atoms with van der Waals surface area (Å²) in [7, 11) is -1.02. The van der Waals surface area contributed by atoms with Crippen molar-refractivity contribution >= 4 is 28.0 Å². The maximum Gasteiger partial charge on any atom is 0.335 e. The normalized spacial score (nSPS) is 11.4. The molecular formula is C20H22N2O6S. The van der Waals surface area contributed by atoms with Crippen LogP contribution in [-0.4, -0.2) is 46.1 Å². The Morgan fingerprint density at radius 1 is 1.14 bits per heavy atom. The molecule has 0 saturated carbocycles. The average Bonchev–Trinajstić information content (AvgIpc) is 2.72. The zero-order chi connectivity index (χ0) is 21.4. The molecule has 0 spiro atoms. The number of nitrogens with one attached hydrogen (secondary N) is 2. The minimum absolute atomic E-state index is 0.0186. The SMILES string of the molecule is CNS(=O)(=O)c1cc(/C=C/C(=O)NCCc2ccc(C(=O)O)cc2)ccc1OC. The van der Waals surface area contributed by atoms with Crippen LogP contribution in [0.1, 0.15) is 21.5 Å². The van der Waals surface area contributed by atoms with Gasteiger partial charge in [0.1, 0.15) is 10.6 Å². The largest absolute Gasteiger partial charge is 0.495 e. The van der Waals surface area contributed by atoms with Gasteiger partial charge in [-0.15, -0.1) is 0 Å². The van der Waals surface area contributed by atoms with Crippen molar-refractivity contribution in [2.45, 2.75) is 11.3 Å². The fraction of sp³-hybridized carbons (Fsp3) is 0.200. The van der Waals surface area contributed by atoms with E-state index in [1.54, 1.807) is 18.2 Å². The maximum absolute atomic E-state index is 12.1. The molecule has 154 valence electrons. The topological polar surface area (TPSA) is 122 Å². The highest BCUT2D eigenvalue weighted by Crippen LogP contribution is 2.25. The van der Waals surface area contributed by atoms with E-state index < -0.39 is 16.0 Å². The zero-order valence-electron chi connectivity index (χ0n) is 16.0. The molecule has 0 aliphatic rings. The molecule has 0 atom stereocenters. The number of carbonyl (C=O) groups excluding carboxylic acids is 1. The summed E-state index contributed by atoms with van der Waals surface area (Å²) in [4.78, 5) is 22.8. The van der Waals surface area contributed by atoms with Crippen LogP contribution in [0.3, 0.4) is 0 Å². The van der Waals surface area contributed by atoms with Crippen molar-refractivity contribution in [3.8, 4) is 5.75 Å². The highest BCUT2D eigenvalue weighted by Gasteiger charge is 2.17. The summed E-state index contributed by atoms with van der Waals surface area (Å²) in [6.45, 7) is 0.373. The van der Waals surface area contributed by atoms with E-state index in [2.05, 4.69) is 10.0 Å². The Morgan fingerprint density at radius 3 is 2.41 bits per heavy atom. The Kier molecular flexibility index (Phi) is 7.52. The molecule has 8 nitrogen and oxygen atoms in total. The predicted octanol–water partition coefficient (Wildman–Crippen LogP) is 1.67. The smallest absolute Gasteiger partial charge is 0.335 e. The summed E-state index contributed by atoms with van der Waals surface area (Å²) < 4.78 is 31.5. The molecule has 9 heteroatoms. The molecule has 0 aliphatic carbocycles. The first kappa shape index (κ1) is 22.1. The van der Waals surface area contributed by atoms with Gasteiger partial charge in [0.2, 0.25) is 15.9 Å². The monoisotopic (exact) mass is 418 g/mol. The number of aromatic carboxylic acids is 1. The van der Waals surface area contributed by atoms with Gasteiger partial charge in [0.15, 0.2) is 0 Å².